The number of hydrogen-bond donors (Lipinski definition) is 2. The molecule has 26 heavy (non-hydrogen) atoms. The van der Waals surface area contributed by atoms with E-state index in [4.69, 9.17) is 10.5 Å². The molecule has 6 nitrogen and oxygen atoms in total. The number of halogens is 1. The summed E-state index contributed by atoms with van der Waals surface area (Å²) in [6.07, 6.45) is 0.798. The lowest BCUT2D eigenvalue weighted by atomic mass is 10.0. The third kappa shape index (κ3) is 3.03. The maximum Gasteiger partial charge on any atom is 0.273 e. The number of methoxy groups -OCH3 is 1. The number of nitrogen functional groups attached to an aromatic ring is 1. The molecule has 0 saturated carbocycles. The smallest absolute Gasteiger partial charge is 0.273 e. The number of carbonyl (C=O) groups is 1. The van der Waals surface area contributed by atoms with Crippen molar-refractivity contribution >= 4 is 22.5 Å². The second kappa shape index (κ2) is 7.35. The fourth-order valence-corrected chi connectivity index (χ4v) is 2.73. The molecule has 1 aromatic heterocycles. The molecule has 1 heterocycles. The summed E-state index contributed by atoms with van der Waals surface area (Å²) in [6, 6.07) is 10.1. The second-order valence-corrected chi connectivity index (χ2v) is 5.74. The van der Waals surface area contributed by atoms with Gasteiger partial charge >= 0.3 is 0 Å². The number of aromatic nitrogens is 2. The molecule has 3 rings (SSSR count). The van der Waals surface area contributed by atoms with Crippen molar-refractivity contribution in [3.05, 3.63) is 47.9 Å². The van der Waals surface area contributed by atoms with Crippen LogP contribution in [0, 0.1) is 5.82 Å². The van der Waals surface area contributed by atoms with Crippen LogP contribution >= 0.6 is 0 Å². The second-order valence-electron chi connectivity index (χ2n) is 5.74. The van der Waals surface area contributed by atoms with Gasteiger partial charge in [0.2, 0.25) is 0 Å². The summed E-state index contributed by atoms with van der Waals surface area (Å²) in [6.45, 7) is 2.47. The maximum atomic E-state index is 14.7. The van der Waals surface area contributed by atoms with Crippen LogP contribution in [0.3, 0.4) is 0 Å². The SMILES string of the molecule is CCCNC(=O)c1nnc2c(-c3cccc(OC)c3F)cccc2c1N. The molecule has 2 aromatic carbocycles. The van der Waals surface area contributed by atoms with E-state index in [9.17, 15) is 9.18 Å². The summed E-state index contributed by atoms with van der Waals surface area (Å²) < 4.78 is 19.7. The van der Waals surface area contributed by atoms with E-state index in [1.54, 1.807) is 36.4 Å². The third-order valence-corrected chi connectivity index (χ3v) is 4.06. The van der Waals surface area contributed by atoms with Gasteiger partial charge in [0, 0.05) is 23.1 Å². The van der Waals surface area contributed by atoms with E-state index in [0.717, 1.165) is 6.42 Å². The minimum absolute atomic E-state index is 0.0641. The predicted molar refractivity (Wildman–Crippen MR) is 98.5 cm³/mol. The van der Waals surface area contributed by atoms with Gasteiger partial charge in [-0.1, -0.05) is 37.3 Å². The molecule has 134 valence electrons. The first kappa shape index (κ1) is 17.6. The molecule has 3 aromatic rings. The molecule has 0 unspecified atom stereocenters. The van der Waals surface area contributed by atoms with E-state index in [0.29, 0.717) is 28.6 Å². The Morgan fingerprint density at radius 1 is 1.19 bits per heavy atom. The van der Waals surface area contributed by atoms with Gasteiger partial charge in [0.15, 0.2) is 17.3 Å². The van der Waals surface area contributed by atoms with E-state index >= 15 is 0 Å². The molecule has 0 aliphatic rings. The normalized spacial score (nSPS) is 10.7. The number of amides is 1. The van der Waals surface area contributed by atoms with Gasteiger partial charge in [-0.05, 0) is 12.5 Å². The van der Waals surface area contributed by atoms with Crippen LogP contribution in [-0.2, 0) is 0 Å². The van der Waals surface area contributed by atoms with Crippen molar-refractivity contribution in [2.24, 2.45) is 0 Å². The average molecular weight is 354 g/mol. The first-order valence-corrected chi connectivity index (χ1v) is 8.24. The molecule has 1 amide bonds. The predicted octanol–water partition coefficient (Wildman–Crippen LogP) is 3.17. The standard InChI is InChI=1S/C19H19FN4O2/c1-3-10-22-19(25)18-16(21)13-8-4-7-12(17(13)23-24-18)11-6-5-9-14(26-2)15(11)20/h4-9H,3,10H2,1-2H3,(H2,21,23)(H,22,25). The largest absolute Gasteiger partial charge is 0.494 e. The first-order chi connectivity index (χ1) is 12.6. The Balaban J connectivity index is 2.16. The number of nitrogens with two attached hydrogens (primary N) is 1. The summed E-state index contributed by atoms with van der Waals surface area (Å²) in [5, 5.41) is 11.4. The highest BCUT2D eigenvalue weighted by Crippen LogP contribution is 2.34. The molecule has 0 aliphatic carbocycles. The minimum Gasteiger partial charge on any atom is -0.494 e. The highest BCUT2D eigenvalue weighted by atomic mass is 19.1. The zero-order chi connectivity index (χ0) is 18.7. The summed E-state index contributed by atoms with van der Waals surface area (Å²) in [7, 11) is 1.41. The monoisotopic (exact) mass is 354 g/mol. The quantitative estimate of drug-likeness (QED) is 0.734. The van der Waals surface area contributed by atoms with Crippen molar-refractivity contribution in [2.45, 2.75) is 13.3 Å². The number of hydrogen-bond acceptors (Lipinski definition) is 5. The molecule has 0 bridgehead atoms. The number of rotatable bonds is 5. The summed E-state index contributed by atoms with van der Waals surface area (Å²) in [4.78, 5) is 12.2. The van der Waals surface area contributed by atoms with Crippen LogP contribution < -0.4 is 15.8 Å². The van der Waals surface area contributed by atoms with E-state index < -0.39 is 5.82 Å². The molecule has 0 spiro atoms. The molecule has 3 N–H and O–H groups in total. The Labute approximate surface area is 150 Å². The summed E-state index contributed by atoms with van der Waals surface area (Å²) >= 11 is 0. The molecular weight excluding hydrogens is 335 g/mol. The highest BCUT2D eigenvalue weighted by Gasteiger charge is 2.19. The van der Waals surface area contributed by atoms with Gasteiger partial charge in [-0.25, -0.2) is 4.39 Å². The lowest BCUT2D eigenvalue weighted by Crippen LogP contribution is -2.26. The Kier molecular flexibility index (Phi) is 4.97. The number of nitrogens with one attached hydrogen (secondary N) is 1. The van der Waals surface area contributed by atoms with Crippen LogP contribution in [0.15, 0.2) is 36.4 Å². The van der Waals surface area contributed by atoms with Crippen LogP contribution in [0.2, 0.25) is 0 Å². The maximum absolute atomic E-state index is 14.7. The van der Waals surface area contributed by atoms with Gasteiger partial charge in [0.05, 0.1) is 12.8 Å². The van der Waals surface area contributed by atoms with E-state index in [1.807, 2.05) is 6.92 Å². The fourth-order valence-electron chi connectivity index (χ4n) is 2.73. The first-order valence-electron chi connectivity index (χ1n) is 8.24. The molecule has 7 heteroatoms. The van der Waals surface area contributed by atoms with E-state index in [2.05, 4.69) is 15.5 Å². The fraction of sp³-hybridized carbons (Fsp3) is 0.211. The minimum atomic E-state index is -0.493. The van der Waals surface area contributed by atoms with Crippen molar-refractivity contribution < 1.29 is 13.9 Å². The van der Waals surface area contributed by atoms with Crippen molar-refractivity contribution in [3.63, 3.8) is 0 Å². The van der Waals surface area contributed by atoms with E-state index in [1.165, 1.54) is 7.11 Å². The van der Waals surface area contributed by atoms with Crippen molar-refractivity contribution in [1.82, 2.24) is 15.5 Å². The topological polar surface area (TPSA) is 90.1 Å². The third-order valence-electron chi connectivity index (χ3n) is 4.06. The van der Waals surface area contributed by atoms with Crippen LogP contribution in [0.25, 0.3) is 22.0 Å². The van der Waals surface area contributed by atoms with Crippen LogP contribution in [0.5, 0.6) is 5.75 Å². The van der Waals surface area contributed by atoms with Crippen LogP contribution in [0.1, 0.15) is 23.8 Å². The number of benzene rings is 2. The van der Waals surface area contributed by atoms with Gasteiger partial charge in [-0.2, -0.15) is 0 Å². The highest BCUT2D eigenvalue weighted by molar-refractivity contribution is 6.07. The Morgan fingerprint density at radius 3 is 2.65 bits per heavy atom. The number of nitrogens with zero attached hydrogens (tertiary/aromatic N) is 2. The Hall–Kier alpha value is -3.22. The Morgan fingerprint density at radius 2 is 1.92 bits per heavy atom. The van der Waals surface area contributed by atoms with Crippen molar-refractivity contribution in [1.29, 1.82) is 0 Å². The van der Waals surface area contributed by atoms with Crippen molar-refractivity contribution in [3.8, 4) is 16.9 Å². The number of carbonyl (C=O) groups excluding carboxylic acids is 1. The molecule has 0 atom stereocenters. The summed E-state index contributed by atoms with van der Waals surface area (Å²) in [5.41, 5.74) is 7.70. The number of ether oxygens (including phenoxy) is 1. The van der Waals surface area contributed by atoms with Gasteiger partial charge in [0.1, 0.15) is 5.52 Å². The van der Waals surface area contributed by atoms with Gasteiger partial charge in [0.25, 0.3) is 5.91 Å². The van der Waals surface area contributed by atoms with Crippen LogP contribution in [0.4, 0.5) is 10.1 Å². The molecule has 0 fully saturated rings. The van der Waals surface area contributed by atoms with Gasteiger partial charge in [-0.15, -0.1) is 10.2 Å². The lowest BCUT2D eigenvalue weighted by molar-refractivity contribution is 0.0949. The number of fused-ring (bicyclic) bond motifs is 1. The zero-order valence-electron chi connectivity index (χ0n) is 14.5. The van der Waals surface area contributed by atoms with Gasteiger partial charge < -0.3 is 15.8 Å². The van der Waals surface area contributed by atoms with Gasteiger partial charge in [-0.3, -0.25) is 4.79 Å². The number of anilines is 1. The average Bonchev–Trinajstić information content (AvgIpc) is 2.66. The zero-order valence-corrected chi connectivity index (χ0v) is 14.5. The molecule has 0 radical (unpaired) electrons. The van der Waals surface area contributed by atoms with E-state index in [-0.39, 0.29) is 23.0 Å². The van der Waals surface area contributed by atoms with Crippen LogP contribution in [-0.4, -0.2) is 29.8 Å². The summed E-state index contributed by atoms with van der Waals surface area (Å²) in [5.74, 6) is -0.736. The molecular formula is C19H19FN4O2. The molecule has 0 aliphatic heterocycles. The molecule has 0 saturated heterocycles. The lowest BCUT2D eigenvalue weighted by Gasteiger charge is -2.12. The van der Waals surface area contributed by atoms with Crippen molar-refractivity contribution in [2.75, 3.05) is 19.4 Å². The Bertz CT molecular complexity index is 975.